The molecule has 2 fully saturated rings. The molecule has 8 nitrogen and oxygen atoms in total. The largest absolute Gasteiger partial charge is 0.444 e. The van der Waals surface area contributed by atoms with Gasteiger partial charge in [-0.25, -0.2) is 14.2 Å². The standard InChI is InChI=1S/C19H24FN3O5/c1-13(24)3-5-16-12-22(19(26)28-16)15-4-6-18(17(20)11-15)21-7-8-23(14(2)25)27-10-9-21/h4,6,11,16H,3,5,7-10,12H2,1-2H3/t16-/m0/s1. The summed E-state index contributed by atoms with van der Waals surface area (Å²) in [6.07, 6.45) is -0.119. The molecule has 3 rings (SSSR count). The molecule has 0 spiro atoms. The molecule has 0 N–H and O–H groups in total. The molecule has 152 valence electrons. The van der Waals surface area contributed by atoms with E-state index in [1.165, 1.54) is 29.9 Å². The van der Waals surface area contributed by atoms with Gasteiger partial charge in [-0.05, 0) is 31.5 Å². The van der Waals surface area contributed by atoms with E-state index in [0.29, 0.717) is 43.9 Å². The number of nitrogens with zero attached hydrogens (tertiary/aromatic N) is 3. The predicted molar refractivity (Wildman–Crippen MR) is 99.5 cm³/mol. The van der Waals surface area contributed by atoms with E-state index in [1.807, 2.05) is 0 Å². The zero-order valence-electron chi connectivity index (χ0n) is 16.0. The first kappa shape index (κ1) is 20.1. The fourth-order valence-electron chi connectivity index (χ4n) is 3.31. The van der Waals surface area contributed by atoms with Crippen LogP contribution in [0.4, 0.5) is 20.6 Å². The van der Waals surface area contributed by atoms with Gasteiger partial charge in [0.2, 0.25) is 5.91 Å². The van der Waals surface area contributed by atoms with Gasteiger partial charge < -0.3 is 14.4 Å². The minimum Gasteiger partial charge on any atom is -0.444 e. The summed E-state index contributed by atoms with van der Waals surface area (Å²) >= 11 is 0. The average molecular weight is 393 g/mol. The predicted octanol–water partition coefficient (Wildman–Crippen LogP) is 2.12. The van der Waals surface area contributed by atoms with Gasteiger partial charge in [0.25, 0.3) is 0 Å². The smallest absolute Gasteiger partial charge is 0.414 e. The van der Waals surface area contributed by atoms with Crippen LogP contribution in [-0.2, 0) is 19.2 Å². The topological polar surface area (TPSA) is 79.4 Å². The normalized spacial score (nSPS) is 20.2. The number of carbonyl (C=O) groups is 3. The lowest BCUT2D eigenvalue weighted by molar-refractivity contribution is -0.179. The Hall–Kier alpha value is -2.68. The monoisotopic (exact) mass is 393 g/mol. The van der Waals surface area contributed by atoms with E-state index in [4.69, 9.17) is 9.57 Å². The maximum Gasteiger partial charge on any atom is 0.414 e. The highest BCUT2D eigenvalue weighted by atomic mass is 19.1. The zero-order chi connectivity index (χ0) is 20.3. The lowest BCUT2D eigenvalue weighted by Gasteiger charge is -2.23. The molecule has 28 heavy (non-hydrogen) atoms. The van der Waals surface area contributed by atoms with Crippen molar-refractivity contribution in [2.45, 2.75) is 32.8 Å². The van der Waals surface area contributed by atoms with Crippen molar-refractivity contribution < 1.29 is 28.3 Å². The van der Waals surface area contributed by atoms with Gasteiger partial charge in [-0.15, -0.1) is 0 Å². The Morgan fingerprint density at radius 2 is 2.00 bits per heavy atom. The number of Topliss-reactive ketones (excluding diaryl/α,β-unsaturated/α-hetero) is 1. The molecular weight excluding hydrogens is 369 g/mol. The summed E-state index contributed by atoms with van der Waals surface area (Å²) in [5, 5.41) is 1.27. The van der Waals surface area contributed by atoms with Crippen LogP contribution >= 0.6 is 0 Å². The summed E-state index contributed by atoms with van der Waals surface area (Å²) in [6, 6.07) is 4.59. The third kappa shape index (κ3) is 4.59. The SMILES string of the molecule is CC(=O)CC[C@H]1CN(c2ccc(N3CCON(C(C)=O)CC3)c(F)c2)C(=O)O1. The molecule has 0 bridgehead atoms. The molecule has 1 aromatic rings. The van der Waals surface area contributed by atoms with Crippen molar-refractivity contribution in [3.05, 3.63) is 24.0 Å². The van der Waals surface area contributed by atoms with Gasteiger partial charge in [-0.1, -0.05) is 0 Å². The van der Waals surface area contributed by atoms with Gasteiger partial charge in [0.05, 0.1) is 31.1 Å². The first-order valence-corrected chi connectivity index (χ1v) is 9.28. The number of cyclic esters (lactones) is 1. The van der Waals surface area contributed by atoms with Crippen LogP contribution in [0.25, 0.3) is 0 Å². The minimum atomic E-state index is -0.541. The summed E-state index contributed by atoms with van der Waals surface area (Å²) in [5.74, 6) is -0.618. The van der Waals surface area contributed by atoms with E-state index < -0.39 is 11.9 Å². The number of hydrogen-bond acceptors (Lipinski definition) is 6. The van der Waals surface area contributed by atoms with Gasteiger partial charge in [-0.3, -0.25) is 14.5 Å². The van der Waals surface area contributed by atoms with Gasteiger partial charge in [-0.2, -0.15) is 0 Å². The van der Waals surface area contributed by atoms with Crippen LogP contribution in [-0.4, -0.2) is 61.7 Å². The Labute approximate surface area is 162 Å². The number of anilines is 2. The van der Waals surface area contributed by atoms with E-state index in [2.05, 4.69) is 0 Å². The molecule has 0 aromatic heterocycles. The lowest BCUT2D eigenvalue weighted by Crippen LogP contribution is -2.33. The maximum atomic E-state index is 14.8. The Morgan fingerprint density at radius 1 is 1.21 bits per heavy atom. The highest BCUT2D eigenvalue weighted by Gasteiger charge is 2.33. The first-order valence-electron chi connectivity index (χ1n) is 9.28. The quantitative estimate of drug-likeness (QED) is 0.763. The molecular formula is C19H24FN3O5. The van der Waals surface area contributed by atoms with E-state index in [-0.39, 0.29) is 30.9 Å². The van der Waals surface area contributed by atoms with E-state index in [9.17, 15) is 18.8 Å². The summed E-state index contributed by atoms with van der Waals surface area (Å²) in [5.41, 5.74) is 0.798. The molecule has 2 aliphatic heterocycles. The fourth-order valence-corrected chi connectivity index (χ4v) is 3.31. The lowest BCUT2D eigenvalue weighted by atomic mass is 10.1. The maximum absolute atomic E-state index is 14.8. The number of carbonyl (C=O) groups excluding carboxylic acids is 3. The van der Waals surface area contributed by atoms with Crippen LogP contribution in [0, 0.1) is 5.82 Å². The Morgan fingerprint density at radius 3 is 2.68 bits per heavy atom. The van der Waals surface area contributed by atoms with Crippen molar-refractivity contribution in [2.24, 2.45) is 0 Å². The van der Waals surface area contributed by atoms with Crippen LogP contribution in [0.3, 0.4) is 0 Å². The van der Waals surface area contributed by atoms with Crippen LogP contribution in [0.2, 0.25) is 0 Å². The first-order chi connectivity index (χ1) is 13.3. The van der Waals surface area contributed by atoms with Crippen molar-refractivity contribution in [1.82, 2.24) is 5.06 Å². The number of ether oxygens (including phenoxy) is 1. The van der Waals surface area contributed by atoms with E-state index in [0.717, 1.165) is 0 Å². The highest BCUT2D eigenvalue weighted by Crippen LogP contribution is 2.29. The van der Waals surface area contributed by atoms with Crippen molar-refractivity contribution in [3.63, 3.8) is 0 Å². The number of rotatable bonds is 5. The number of ketones is 1. The van der Waals surface area contributed by atoms with Crippen LogP contribution in [0.5, 0.6) is 0 Å². The average Bonchev–Trinajstić information content (AvgIpc) is 2.85. The second kappa shape index (κ2) is 8.55. The van der Waals surface area contributed by atoms with Crippen molar-refractivity contribution in [3.8, 4) is 0 Å². The Kier molecular flexibility index (Phi) is 6.13. The summed E-state index contributed by atoms with van der Waals surface area (Å²) < 4.78 is 20.0. The van der Waals surface area contributed by atoms with Crippen LogP contribution in [0.1, 0.15) is 26.7 Å². The third-order valence-electron chi connectivity index (χ3n) is 4.81. The molecule has 1 aromatic carbocycles. The summed E-state index contributed by atoms with van der Waals surface area (Å²) in [4.78, 5) is 43.2. The molecule has 0 radical (unpaired) electrons. The van der Waals surface area contributed by atoms with Crippen molar-refractivity contribution in [1.29, 1.82) is 0 Å². The third-order valence-corrected chi connectivity index (χ3v) is 4.81. The molecule has 2 amide bonds. The number of benzene rings is 1. The van der Waals surface area contributed by atoms with E-state index in [1.54, 1.807) is 17.0 Å². The van der Waals surface area contributed by atoms with Gasteiger partial charge in [0.1, 0.15) is 17.7 Å². The molecule has 0 aliphatic carbocycles. The molecule has 2 saturated heterocycles. The van der Waals surface area contributed by atoms with Crippen LogP contribution in [0.15, 0.2) is 18.2 Å². The summed E-state index contributed by atoms with van der Waals surface area (Å²) in [7, 11) is 0. The molecule has 1 atom stereocenters. The van der Waals surface area contributed by atoms with Crippen molar-refractivity contribution in [2.75, 3.05) is 42.6 Å². The van der Waals surface area contributed by atoms with Gasteiger partial charge >= 0.3 is 6.09 Å². The van der Waals surface area contributed by atoms with Gasteiger partial charge in [0, 0.05) is 26.4 Å². The second-order valence-corrected chi connectivity index (χ2v) is 6.93. The fraction of sp³-hybridized carbons (Fsp3) is 0.526. The molecule has 0 saturated carbocycles. The number of hydroxylamine groups is 2. The molecule has 9 heteroatoms. The Balaban J connectivity index is 1.68. The molecule has 2 aliphatic rings. The highest BCUT2D eigenvalue weighted by molar-refractivity contribution is 5.90. The van der Waals surface area contributed by atoms with Crippen LogP contribution < -0.4 is 9.80 Å². The second-order valence-electron chi connectivity index (χ2n) is 6.93. The summed E-state index contributed by atoms with van der Waals surface area (Å²) in [6.45, 7) is 4.70. The van der Waals surface area contributed by atoms with Gasteiger partial charge in [0.15, 0.2) is 0 Å². The number of hydrogen-bond donors (Lipinski definition) is 0. The molecule has 0 unspecified atom stereocenters. The van der Waals surface area contributed by atoms with Crippen molar-refractivity contribution >= 4 is 29.2 Å². The van der Waals surface area contributed by atoms with E-state index >= 15 is 0 Å². The minimum absolute atomic E-state index is 0.0367. The zero-order valence-corrected chi connectivity index (χ0v) is 16.0. The Bertz CT molecular complexity index is 772. The molecule has 2 heterocycles. The number of amides is 2. The number of halogens is 1.